The van der Waals surface area contributed by atoms with E-state index in [4.69, 9.17) is 0 Å². The van der Waals surface area contributed by atoms with E-state index in [-0.39, 0.29) is 30.5 Å². The normalized spacial score (nSPS) is 13.5. The van der Waals surface area contributed by atoms with E-state index in [1.165, 1.54) is 23.9 Å². The number of carbonyl (C=O) groups is 2. The van der Waals surface area contributed by atoms with Crippen LogP contribution in [0.2, 0.25) is 0 Å². The molecule has 0 unspecified atom stereocenters. The van der Waals surface area contributed by atoms with Crippen LogP contribution in [-0.2, 0) is 16.0 Å². The van der Waals surface area contributed by atoms with Gasteiger partial charge in [0.2, 0.25) is 11.8 Å². The number of nitrogens with zero attached hydrogens (tertiary/aromatic N) is 2. The predicted molar refractivity (Wildman–Crippen MR) is 98.5 cm³/mol. The number of anilines is 1. The first kappa shape index (κ1) is 17.8. The Kier molecular flexibility index (Phi) is 5.73. The third kappa shape index (κ3) is 4.53. The van der Waals surface area contributed by atoms with E-state index in [0.717, 1.165) is 18.5 Å². The van der Waals surface area contributed by atoms with Gasteiger partial charge in [-0.2, -0.15) is 5.10 Å². The van der Waals surface area contributed by atoms with Gasteiger partial charge in [-0.05, 0) is 42.2 Å². The van der Waals surface area contributed by atoms with E-state index in [1.807, 2.05) is 24.3 Å². The van der Waals surface area contributed by atoms with Gasteiger partial charge in [0.1, 0.15) is 5.82 Å². The summed E-state index contributed by atoms with van der Waals surface area (Å²) >= 11 is 0. The number of halogens is 1. The van der Waals surface area contributed by atoms with Crippen LogP contribution in [0.25, 0.3) is 0 Å². The van der Waals surface area contributed by atoms with Gasteiger partial charge >= 0.3 is 0 Å². The van der Waals surface area contributed by atoms with Crippen LogP contribution in [0.1, 0.15) is 30.4 Å². The van der Waals surface area contributed by atoms with Crippen molar-refractivity contribution in [2.75, 3.05) is 11.4 Å². The Hall–Kier alpha value is -3.02. The second kappa shape index (κ2) is 8.38. The van der Waals surface area contributed by atoms with Gasteiger partial charge in [0.05, 0.1) is 6.21 Å². The molecule has 0 aliphatic carbocycles. The smallest absolute Gasteiger partial charge is 0.240 e. The quantitative estimate of drug-likeness (QED) is 0.663. The standard InChI is InChI=1S/C20H20FN3O2/c21-17-9-7-15(8-10-17)14-22-23-19(25)11-12-20(26)24-13-3-5-16-4-1-2-6-18(16)24/h1-2,4,6-10,14H,3,5,11-13H2,(H,23,25)/b22-14+. The van der Waals surface area contributed by atoms with Gasteiger partial charge in [0.15, 0.2) is 0 Å². The zero-order chi connectivity index (χ0) is 18.4. The summed E-state index contributed by atoms with van der Waals surface area (Å²) < 4.78 is 12.8. The third-order valence-corrected chi connectivity index (χ3v) is 4.25. The fourth-order valence-electron chi connectivity index (χ4n) is 2.93. The lowest BCUT2D eigenvalue weighted by Gasteiger charge is -2.29. The molecule has 26 heavy (non-hydrogen) atoms. The molecule has 0 saturated heterocycles. The van der Waals surface area contributed by atoms with Crippen molar-refractivity contribution in [3.05, 3.63) is 65.5 Å². The van der Waals surface area contributed by atoms with Gasteiger partial charge in [-0.3, -0.25) is 9.59 Å². The van der Waals surface area contributed by atoms with Gasteiger partial charge in [-0.1, -0.05) is 30.3 Å². The second-order valence-electron chi connectivity index (χ2n) is 6.12. The summed E-state index contributed by atoms with van der Waals surface area (Å²) in [5, 5.41) is 3.83. The molecule has 0 radical (unpaired) electrons. The number of fused-ring (bicyclic) bond motifs is 1. The maximum atomic E-state index is 12.8. The van der Waals surface area contributed by atoms with Crippen LogP contribution in [0.3, 0.4) is 0 Å². The Morgan fingerprint density at radius 3 is 2.69 bits per heavy atom. The van der Waals surface area contributed by atoms with Crippen LogP contribution < -0.4 is 10.3 Å². The highest BCUT2D eigenvalue weighted by Gasteiger charge is 2.22. The molecular weight excluding hydrogens is 333 g/mol. The number of hydrogen-bond acceptors (Lipinski definition) is 3. The summed E-state index contributed by atoms with van der Waals surface area (Å²) in [5.74, 6) is -0.721. The van der Waals surface area contributed by atoms with E-state index in [2.05, 4.69) is 10.5 Å². The summed E-state index contributed by atoms with van der Waals surface area (Å²) in [6.45, 7) is 0.681. The van der Waals surface area contributed by atoms with Gasteiger partial charge < -0.3 is 4.90 Å². The number of aryl methyl sites for hydroxylation is 1. The summed E-state index contributed by atoms with van der Waals surface area (Å²) in [5.41, 5.74) is 5.17. The number of nitrogens with one attached hydrogen (secondary N) is 1. The Morgan fingerprint density at radius 2 is 1.88 bits per heavy atom. The first-order valence-corrected chi connectivity index (χ1v) is 8.59. The van der Waals surface area contributed by atoms with Gasteiger partial charge in [-0.15, -0.1) is 0 Å². The highest BCUT2D eigenvalue weighted by Crippen LogP contribution is 2.27. The Bertz CT molecular complexity index is 818. The van der Waals surface area contributed by atoms with E-state index in [9.17, 15) is 14.0 Å². The number of amides is 2. The highest BCUT2D eigenvalue weighted by molar-refractivity contribution is 5.96. The third-order valence-electron chi connectivity index (χ3n) is 4.25. The van der Waals surface area contributed by atoms with E-state index < -0.39 is 0 Å². The summed E-state index contributed by atoms with van der Waals surface area (Å²) in [6.07, 6.45) is 3.53. The van der Waals surface area contributed by atoms with Crippen molar-refractivity contribution in [3.63, 3.8) is 0 Å². The molecule has 2 aromatic carbocycles. The molecule has 2 aromatic rings. The summed E-state index contributed by atoms with van der Waals surface area (Å²) in [6, 6.07) is 13.6. The summed E-state index contributed by atoms with van der Waals surface area (Å²) in [4.78, 5) is 26.1. The van der Waals surface area contributed by atoms with Crippen molar-refractivity contribution in [1.82, 2.24) is 5.43 Å². The molecule has 1 aliphatic heterocycles. The van der Waals surface area contributed by atoms with Gasteiger partial charge in [0, 0.05) is 25.1 Å². The second-order valence-corrected chi connectivity index (χ2v) is 6.12. The molecule has 2 amide bonds. The van der Waals surface area contributed by atoms with Crippen molar-refractivity contribution in [2.24, 2.45) is 5.10 Å². The van der Waals surface area contributed by atoms with Crippen molar-refractivity contribution < 1.29 is 14.0 Å². The number of rotatable bonds is 5. The van der Waals surface area contributed by atoms with Crippen LogP contribution in [0.15, 0.2) is 53.6 Å². The first-order valence-electron chi connectivity index (χ1n) is 8.59. The van der Waals surface area contributed by atoms with Crippen molar-refractivity contribution in [1.29, 1.82) is 0 Å². The fourth-order valence-corrected chi connectivity index (χ4v) is 2.93. The highest BCUT2D eigenvalue weighted by atomic mass is 19.1. The lowest BCUT2D eigenvalue weighted by atomic mass is 10.0. The number of hydrogen-bond donors (Lipinski definition) is 1. The predicted octanol–water partition coefficient (Wildman–Crippen LogP) is 3.04. The monoisotopic (exact) mass is 353 g/mol. The molecule has 0 fully saturated rings. The minimum absolute atomic E-state index is 0.0604. The van der Waals surface area contributed by atoms with Gasteiger partial charge in [0.25, 0.3) is 0 Å². The molecule has 1 aliphatic rings. The minimum Gasteiger partial charge on any atom is -0.312 e. The first-order chi connectivity index (χ1) is 12.6. The van der Waals surface area contributed by atoms with Crippen molar-refractivity contribution in [2.45, 2.75) is 25.7 Å². The maximum Gasteiger partial charge on any atom is 0.240 e. The van der Waals surface area contributed by atoms with Crippen molar-refractivity contribution in [3.8, 4) is 0 Å². The molecule has 1 N–H and O–H groups in total. The zero-order valence-corrected chi connectivity index (χ0v) is 14.3. The number of benzene rings is 2. The lowest BCUT2D eigenvalue weighted by molar-refractivity contribution is -0.125. The average molecular weight is 353 g/mol. The van der Waals surface area contributed by atoms with Crippen molar-refractivity contribution >= 4 is 23.7 Å². The zero-order valence-electron chi connectivity index (χ0n) is 14.3. The van der Waals surface area contributed by atoms with Crippen LogP contribution in [0.4, 0.5) is 10.1 Å². The van der Waals surface area contributed by atoms with Gasteiger partial charge in [-0.25, -0.2) is 9.82 Å². The minimum atomic E-state index is -0.331. The molecule has 0 aromatic heterocycles. The Morgan fingerprint density at radius 1 is 1.12 bits per heavy atom. The fraction of sp³-hybridized carbons (Fsp3) is 0.250. The summed E-state index contributed by atoms with van der Waals surface area (Å²) in [7, 11) is 0. The Balaban J connectivity index is 1.49. The van der Waals surface area contributed by atoms with Crippen LogP contribution >= 0.6 is 0 Å². The van der Waals surface area contributed by atoms with Crippen LogP contribution in [0.5, 0.6) is 0 Å². The van der Waals surface area contributed by atoms with Crippen LogP contribution in [-0.4, -0.2) is 24.6 Å². The topological polar surface area (TPSA) is 61.8 Å². The van der Waals surface area contributed by atoms with E-state index >= 15 is 0 Å². The molecule has 6 heteroatoms. The molecule has 0 spiro atoms. The molecule has 0 atom stereocenters. The molecule has 0 saturated carbocycles. The molecule has 134 valence electrons. The SMILES string of the molecule is O=C(CCC(=O)N1CCCc2ccccc21)N/N=C/c1ccc(F)cc1. The van der Waals surface area contributed by atoms with E-state index in [0.29, 0.717) is 12.1 Å². The average Bonchev–Trinajstić information content (AvgIpc) is 2.67. The molecule has 5 nitrogen and oxygen atoms in total. The maximum absolute atomic E-state index is 12.8. The lowest BCUT2D eigenvalue weighted by Crippen LogP contribution is -2.36. The molecular formula is C20H20FN3O2. The van der Waals surface area contributed by atoms with E-state index in [1.54, 1.807) is 17.0 Å². The number of carbonyl (C=O) groups excluding carboxylic acids is 2. The number of hydrazone groups is 1. The molecule has 0 bridgehead atoms. The molecule has 3 rings (SSSR count). The largest absolute Gasteiger partial charge is 0.312 e. The Labute approximate surface area is 151 Å². The van der Waals surface area contributed by atoms with Crippen LogP contribution in [0, 0.1) is 5.82 Å². The molecule has 1 heterocycles. The number of para-hydroxylation sites is 1.